The summed E-state index contributed by atoms with van der Waals surface area (Å²) in [4.78, 5) is 0. The molecule has 2 heteroatoms. The first-order valence-electron chi connectivity index (χ1n) is 7.10. The fourth-order valence-corrected chi connectivity index (χ4v) is 2.10. The van der Waals surface area contributed by atoms with Gasteiger partial charge in [0.05, 0.1) is 12.2 Å². The summed E-state index contributed by atoms with van der Waals surface area (Å²) < 4.78 is 0. The van der Waals surface area contributed by atoms with Crippen molar-refractivity contribution in [2.45, 2.75) is 64.1 Å². The van der Waals surface area contributed by atoms with Gasteiger partial charge in [0.1, 0.15) is 0 Å². The highest BCUT2D eigenvalue weighted by Crippen LogP contribution is 2.11. The van der Waals surface area contributed by atoms with E-state index < -0.39 is 12.2 Å². The van der Waals surface area contributed by atoms with Crippen LogP contribution in [0.3, 0.4) is 0 Å². The maximum Gasteiger partial charge on any atom is 0.0796 e. The number of aliphatic hydroxyl groups is 2. The van der Waals surface area contributed by atoms with E-state index in [2.05, 4.69) is 30.3 Å². The zero-order chi connectivity index (χ0) is 13.2. The third-order valence-corrected chi connectivity index (χ3v) is 3.37. The van der Waals surface area contributed by atoms with E-state index in [4.69, 9.17) is 5.11 Å². The van der Waals surface area contributed by atoms with Gasteiger partial charge in [0, 0.05) is 0 Å². The average Bonchev–Trinajstić information content (AvgIpc) is 2.38. The van der Waals surface area contributed by atoms with Crippen LogP contribution in [0.15, 0.2) is 30.3 Å². The summed E-state index contributed by atoms with van der Waals surface area (Å²) in [6, 6.07) is 10.6. The van der Waals surface area contributed by atoms with Crippen molar-refractivity contribution in [3.05, 3.63) is 35.9 Å². The Bertz CT molecular complexity index is 295. The Labute approximate surface area is 111 Å². The van der Waals surface area contributed by atoms with Crippen LogP contribution in [0.4, 0.5) is 0 Å². The molecule has 18 heavy (non-hydrogen) atoms. The Morgan fingerprint density at radius 3 is 2.17 bits per heavy atom. The zero-order valence-electron chi connectivity index (χ0n) is 11.4. The van der Waals surface area contributed by atoms with E-state index >= 15 is 0 Å². The Kier molecular flexibility index (Phi) is 7.70. The summed E-state index contributed by atoms with van der Waals surface area (Å²) in [5, 5.41) is 18.6. The molecule has 2 atom stereocenters. The van der Waals surface area contributed by atoms with Crippen molar-refractivity contribution in [1.82, 2.24) is 0 Å². The molecule has 0 heterocycles. The number of unbranched alkanes of at least 4 members (excludes halogenated alkanes) is 4. The molecule has 102 valence electrons. The molecule has 0 aliphatic heterocycles. The maximum atomic E-state index is 9.43. The van der Waals surface area contributed by atoms with E-state index in [9.17, 15) is 5.11 Å². The van der Waals surface area contributed by atoms with Crippen molar-refractivity contribution >= 4 is 0 Å². The quantitative estimate of drug-likeness (QED) is 0.660. The van der Waals surface area contributed by atoms with Crippen LogP contribution in [0.25, 0.3) is 0 Å². The van der Waals surface area contributed by atoms with Gasteiger partial charge in [-0.2, -0.15) is 0 Å². The number of aryl methyl sites for hydroxylation is 1. The third kappa shape index (κ3) is 6.77. The average molecular weight is 250 g/mol. The van der Waals surface area contributed by atoms with E-state index in [1.54, 1.807) is 6.92 Å². The molecule has 0 fully saturated rings. The van der Waals surface area contributed by atoms with Crippen LogP contribution in [0, 0.1) is 0 Å². The highest BCUT2D eigenvalue weighted by Gasteiger charge is 2.09. The monoisotopic (exact) mass is 250 g/mol. The highest BCUT2D eigenvalue weighted by molar-refractivity contribution is 5.14. The van der Waals surface area contributed by atoms with E-state index in [0.29, 0.717) is 0 Å². The van der Waals surface area contributed by atoms with E-state index in [1.165, 1.54) is 24.8 Å². The SMILES string of the molecule is CC(O)C(O)CCCCCCCc1ccccc1. The number of benzene rings is 1. The molecule has 0 saturated heterocycles. The second-order valence-corrected chi connectivity index (χ2v) is 5.10. The summed E-state index contributed by atoms with van der Waals surface area (Å²) >= 11 is 0. The van der Waals surface area contributed by atoms with Crippen LogP contribution in [0.2, 0.25) is 0 Å². The van der Waals surface area contributed by atoms with Crippen molar-refractivity contribution < 1.29 is 10.2 Å². The van der Waals surface area contributed by atoms with Crippen molar-refractivity contribution in [3.8, 4) is 0 Å². The summed E-state index contributed by atoms with van der Waals surface area (Å²) in [5.41, 5.74) is 1.42. The molecular formula is C16H26O2. The molecule has 2 unspecified atom stereocenters. The summed E-state index contributed by atoms with van der Waals surface area (Å²) in [6.07, 6.45) is 6.61. The lowest BCUT2D eigenvalue weighted by molar-refractivity contribution is 0.0247. The fourth-order valence-electron chi connectivity index (χ4n) is 2.10. The molecule has 0 amide bonds. The van der Waals surface area contributed by atoms with Gasteiger partial charge >= 0.3 is 0 Å². The first kappa shape index (κ1) is 15.2. The molecule has 0 aromatic heterocycles. The van der Waals surface area contributed by atoms with Crippen molar-refractivity contribution in [2.75, 3.05) is 0 Å². The van der Waals surface area contributed by atoms with Gasteiger partial charge in [0.2, 0.25) is 0 Å². The fraction of sp³-hybridized carbons (Fsp3) is 0.625. The standard InChI is InChI=1S/C16H26O2/c1-14(17)16(18)13-9-4-2-3-6-10-15-11-7-5-8-12-15/h5,7-8,11-12,14,16-18H,2-4,6,9-10,13H2,1H3. The predicted octanol–water partition coefficient (Wildman–Crippen LogP) is 3.31. The Hall–Kier alpha value is -0.860. The molecule has 0 spiro atoms. The summed E-state index contributed by atoms with van der Waals surface area (Å²) in [6.45, 7) is 1.64. The van der Waals surface area contributed by atoms with Gasteiger partial charge in [-0.15, -0.1) is 0 Å². The molecule has 0 aliphatic rings. The Balaban J connectivity index is 1.93. The van der Waals surface area contributed by atoms with Crippen LogP contribution in [-0.4, -0.2) is 22.4 Å². The maximum absolute atomic E-state index is 9.43. The van der Waals surface area contributed by atoms with Crippen molar-refractivity contribution in [2.24, 2.45) is 0 Å². The Morgan fingerprint density at radius 2 is 1.50 bits per heavy atom. The molecule has 0 saturated carbocycles. The lowest BCUT2D eigenvalue weighted by atomic mass is 10.0. The van der Waals surface area contributed by atoms with Gasteiger partial charge in [0.25, 0.3) is 0 Å². The van der Waals surface area contributed by atoms with Gasteiger partial charge in [-0.3, -0.25) is 0 Å². The van der Waals surface area contributed by atoms with Gasteiger partial charge in [-0.25, -0.2) is 0 Å². The minimum absolute atomic E-state index is 0.547. The van der Waals surface area contributed by atoms with Crippen molar-refractivity contribution in [3.63, 3.8) is 0 Å². The second-order valence-electron chi connectivity index (χ2n) is 5.10. The van der Waals surface area contributed by atoms with Crippen LogP contribution < -0.4 is 0 Å². The molecular weight excluding hydrogens is 224 g/mol. The molecule has 2 N–H and O–H groups in total. The second kappa shape index (κ2) is 9.12. The first-order valence-corrected chi connectivity index (χ1v) is 7.10. The lowest BCUT2D eigenvalue weighted by Crippen LogP contribution is -2.21. The van der Waals surface area contributed by atoms with Crippen molar-refractivity contribution in [1.29, 1.82) is 0 Å². The van der Waals surface area contributed by atoms with Gasteiger partial charge in [-0.1, -0.05) is 56.0 Å². The molecule has 0 bridgehead atoms. The Morgan fingerprint density at radius 1 is 0.889 bits per heavy atom. The van der Waals surface area contributed by atoms with Gasteiger partial charge in [-0.05, 0) is 31.7 Å². The highest BCUT2D eigenvalue weighted by atomic mass is 16.3. The zero-order valence-corrected chi connectivity index (χ0v) is 11.4. The predicted molar refractivity (Wildman–Crippen MR) is 75.5 cm³/mol. The first-order chi connectivity index (χ1) is 8.70. The van der Waals surface area contributed by atoms with Crippen LogP contribution in [0.1, 0.15) is 51.0 Å². The van der Waals surface area contributed by atoms with Gasteiger partial charge < -0.3 is 10.2 Å². The smallest absolute Gasteiger partial charge is 0.0796 e. The topological polar surface area (TPSA) is 40.5 Å². The number of hydrogen-bond donors (Lipinski definition) is 2. The van der Waals surface area contributed by atoms with Crippen LogP contribution >= 0.6 is 0 Å². The lowest BCUT2D eigenvalue weighted by Gasteiger charge is -2.12. The van der Waals surface area contributed by atoms with Crippen LogP contribution in [-0.2, 0) is 6.42 Å². The molecule has 1 aromatic rings. The summed E-state index contributed by atoms with van der Waals surface area (Å²) in [5.74, 6) is 0. The van der Waals surface area contributed by atoms with E-state index in [-0.39, 0.29) is 0 Å². The van der Waals surface area contributed by atoms with Gasteiger partial charge in [0.15, 0.2) is 0 Å². The minimum atomic E-state index is -0.594. The normalized spacial score (nSPS) is 14.4. The van der Waals surface area contributed by atoms with Crippen LogP contribution in [0.5, 0.6) is 0 Å². The third-order valence-electron chi connectivity index (χ3n) is 3.37. The minimum Gasteiger partial charge on any atom is -0.391 e. The largest absolute Gasteiger partial charge is 0.391 e. The molecule has 1 aromatic carbocycles. The van der Waals surface area contributed by atoms with E-state index in [1.807, 2.05) is 0 Å². The molecule has 2 nitrogen and oxygen atoms in total. The molecule has 1 rings (SSSR count). The van der Waals surface area contributed by atoms with E-state index in [0.717, 1.165) is 25.7 Å². The number of hydrogen-bond acceptors (Lipinski definition) is 2. The number of rotatable bonds is 9. The summed E-state index contributed by atoms with van der Waals surface area (Å²) in [7, 11) is 0. The molecule has 0 radical (unpaired) electrons. The molecule has 0 aliphatic carbocycles. The number of aliphatic hydroxyl groups excluding tert-OH is 2.